The molecule has 0 fully saturated rings. The molecule has 1 unspecified atom stereocenters. The molecule has 0 saturated heterocycles. The monoisotopic (exact) mass is 274 g/mol. The van der Waals surface area contributed by atoms with Crippen LogP contribution in [0.25, 0.3) is 0 Å². The lowest BCUT2D eigenvalue weighted by atomic mass is 10.1. The molecule has 2 aromatic rings. The molecule has 0 spiro atoms. The SMILES string of the molecule is CC(Cc1cccs1)NCc1cc(C#N)ccc1F. The Kier molecular flexibility index (Phi) is 4.67. The highest BCUT2D eigenvalue weighted by Crippen LogP contribution is 2.13. The van der Waals surface area contributed by atoms with E-state index in [0.29, 0.717) is 17.7 Å². The second-order valence-corrected chi connectivity index (χ2v) is 5.52. The van der Waals surface area contributed by atoms with E-state index in [2.05, 4.69) is 23.7 Å². The quantitative estimate of drug-likeness (QED) is 0.906. The molecule has 0 aliphatic carbocycles. The minimum atomic E-state index is -0.269. The van der Waals surface area contributed by atoms with Crippen LogP contribution in [0.1, 0.15) is 22.9 Å². The molecule has 0 saturated carbocycles. The van der Waals surface area contributed by atoms with Crippen LogP contribution in [-0.4, -0.2) is 6.04 Å². The van der Waals surface area contributed by atoms with Crippen LogP contribution in [0.5, 0.6) is 0 Å². The fourth-order valence-corrected chi connectivity index (χ4v) is 2.70. The van der Waals surface area contributed by atoms with Gasteiger partial charge in [0.15, 0.2) is 0 Å². The third-order valence-corrected chi connectivity index (χ3v) is 3.80. The van der Waals surface area contributed by atoms with Crippen molar-refractivity contribution in [2.75, 3.05) is 0 Å². The Labute approximate surface area is 116 Å². The number of nitriles is 1. The first-order valence-corrected chi connectivity index (χ1v) is 7.01. The zero-order valence-corrected chi connectivity index (χ0v) is 11.5. The molecule has 4 heteroatoms. The fourth-order valence-electron chi connectivity index (χ4n) is 1.87. The van der Waals surface area contributed by atoms with Crippen molar-refractivity contribution in [2.24, 2.45) is 0 Å². The Morgan fingerprint density at radius 3 is 2.95 bits per heavy atom. The second kappa shape index (κ2) is 6.46. The molecule has 2 rings (SSSR count). The van der Waals surface area contributed by atoms with Gasteiger partial charge < -0.3 is 5.32 Å². The van der Waals surface area contributed by atoms with Crippen molar-refractivity contribution in [3.05, 3.63) is 57.5 Å². The first kappa shape index (κ1) is 13.7. The molecule has 0 radical (unpaired) electrons. The topological polar surface area (TPSA) is 35.8 Å². The van der Waals surface area contributed by atoms with Gasteiger partial charge in [0.05, 0.1) is 11.6 Å². The van der Waals surface area contributed by atoms with Crippen molar-refractivity contribution in [3.63, 3.8) is 0 Å². The summed E-state index contributed by atoms with van der Waals surface area (Å²) in [4.78, 5) is 1.31. The molecule has 98 valence electrons. The van der Waals surface area contributed by atoms with Crippen LogP contribution in [0, 0.1) is 17.1 Å². The van der Waals surface area contributed by atoms with Gasteiger partial charge in [-0.3, -0.25) is 0 Å². The van der Waals surface area contributed by atoms with E-state index >= 15 is 0 Å². The summed E-state index contributed by atoms with van der Waals surface area (Å²) in [5, 5.41) is 14.2. The number of thiophene rings is 1. The summed E-state index contributed by atoms with van der Waals surface area (Å²) < 4.78 is 13.6. The van der Waals surface area contributed by atoms with Gasteiger partial charge in [0.2, 0.25) is 0 Å². The van der Waals surface area contributed by atoms with Gasteiger partial charge in [-0.15, -0.1) is 11.3 Å². The van der Waals surface area contributed by atoms with Gasteiger partial charge in [-0.05, 0) is 43.0 Å². The molecule has 1 N–H and O–H groups in total. The summed E-state index contributed by atoms with van der Waals surface area (Å²) in [5.74, 6) is -0.269. The Morgan fingerprint density at radius 2 is 2.26 bits per heavy atom. The lowest BCUT2D eigenvalue weighted by molar-refractivity contribution is 0.527. The van der Waals surface area contributed by atoms with Gasteiger partial charge in [0, 0.05) is 23.0 Å². The lowest BCUT2D eigenvalue weighted by Crippen LogP contribution is -2.27. The Bertz CT molecular complexity index is 572. The first-order chi connectivity index (χ1) is 9.19. The number of rotatable bonds is 5. The zero-order valence-electron chi connectivity index (χ0n) is 10.7. The number of halogens is 1. The van der Waals surface area contributed by atoms with Crippen LogP contribution in [0.4, 0.5) is 4.39 Å². The standard InChI is InChI=1S/C15H15FN2S/c1-11(7-14-3-2-6-19-14)18-10-13-8-12(9-17)4-5-15(13)16/h2-6,8,11,18H,7,10H2,1H3. The Balaban J connectivity index is 1.93. The van der Waals surface area contributed by atoms with Crippen LogP contribution in [0.3, 0.4) is 0 Å². The average Bonchev–Trinajstić information content (AvgIpc) is 2.90. The van der Waals surface area contributed by atoms with Crippen molar-refractivity contribution in [2.45, 2.75) is 25.9 Å². The fraction of sp³-hybridized carbons (Fsp3) is 0.267. The summed E-state index contributed by atoms with van der Waals surface area (Å²) in [7, 11) is 0. The van der Waals surface area contributed by atoms with E-state index in [1.54, 1.807) is 17.4 Å². The smallest absolute Gasteiger partial charge is 0.127 e. The van der Waals surface area contributed by atoms with Crippen LogP contribution >= 0.6 is 11.3 Å². The average molecular weight is 274 g/mol. The summed E-state index contributed by atoms with van der Waals surface area (Å²) in [5.41, 5.74) is 1.03. The third kappa shape index (κ3) is 3.88. The minimum Gasteiger partial charge on any atom is -0.310 e. The maximum atomic E-state index is 13.6. The van der Waals surface area contributed by atoms with Crippen molar-refractivity contribution in [3.8, 4) is 6.07 Å². The van der Waals surface area contributed by atoms with E-state index in [9.17, 15) is 4.39 Å². The van der Waals surface area contributed by atoms with Gasteiger partial charge >= 0.3 is 0 Å². The molecular weight excluding hydrogens is 259 g/mol. The molecule has 19 heavy (non-hydrogen) atoms. The molecule has 1 atom stereocenters. The van der Waals surface area contributed by atoms with Crippen molar-refractivity contribution in [1.82, 2.24) is 5.32 Å². The van der Waals surface area contributed by atoms with Crippen molar-refractivity contribution in [1.29, 1.82) is 5.26 Å². The normalized spacial score (nSPS) is 12.1. The van der Waals surface area contributed by atoms with Gasteiger partial charge in [-0.1, -0.05) is 6.07 Å². The van der Waals surface area contributed by atoms with Crippen LogP contribution < -0.4 is 5.32 Å². The van der Waals surface area contributed by atoms with E-state index < -0.39 is 0 Å². The predicted octanol–water partition coefficient (Wildman–Crippen LogP) is 3.48. The Morgan fingerprint density at radius 1 is 1.42 bits per heavy atom. The van der Waals surface area contributed by atoms with Crippen LogP contribution in [0.2, 0.25) is 0 Å². The van der Waals surface area contributed by atoms with Crippen molar-refractivity contribution < 1.29 is 4.39 Å². The number of hydrogen-bond donors (Lipinski definition) is 1. The molecular formula is C15H15FN2S. The highest BCUT2D eigenvalue weighted by molar-refractivity contribution is 7.09. The van der Waals surface area contributed by atoms with Gasteiger partial charge in [-0.25, -0.2) is 4.39 Å². The van der Waals surface area contributed by atoms with Gasteiger partial charge in [-0.2, -0.15) is 5.26 Å². The second-order valence-electron chi connectivity index (χ2n) is 4.48. The number of hydrogen-bond acceptors (Lipinski definition) is 3. The number of nitrogens with one attached hydrogen (secondary N) is 1. The van der Waals surface area contributed by atoms with Crippen LogP contribution in [0.15, 0.2) is 35.7 Å². The number of nitrogens with zero attached hydrogens (tertiary/aromatic N) is 1. The highest BCUT2D eigenvalue weighted by atomic mass is 32.1. The lowest BCUT2D eigenvalue weighted by Gasteiger charge is -2.13. The minimum absolute atomic E-state index is 0.267. The highest BCUT2D eigenvalue weighted by Gasteiger charge is 2.07. The predicted molar refractivity (Wildman–Crippen MR) is 75.4 cm³/mol. The summed E-state index contributed by atoms with van der Waals surface area (Å²) in [6.07, 6.45) is 0.928. The van der Waals surface area contributed by atoms with E-state index in [0.717, 1.165) is 6.42 Å². The third-order valence-electron chi connectivity index (χ3n) is 2.90. The van der Waals surface area contributed by atoms with Gasteiger partial charge in [0.25, 0.3) is 0 Å². The van der Waals surface area contributed by atoms with E-state index in [4.69, 9.17) is 5.26 Å². The zero-order chi connectivity index (χ0) is 13.7. The molecule has 0 aliphatic rings. The van der Waals surface area contributed by atoms with Crippen LogP contribution in [-0.2, 0) is 13.0 Å². The summed E-state index contributed by atoms with van der Waals surface area (Å²) in [6, 6.07) is 10.9. The molecule has 1 aromatic heterocycles. The Hall–Kier alpha value is -1.70. The molecule has 1 heterocycles. The summed E-state index contributed by atoms with van der Waals surface area (Å²) >= 11 is 1.73. The van der Waals surface area contributed by atoms with E-state index in [1.165, 1.54) is 17.0 Å². The largest absolute Gasteiger partial charge is 0.310 e. The maximum Gasteiger partial charge on any atom is 0.127 e. The summed E-state index contributed by atoms with van der Waals surface area (Å²) in [6.45, 7) is 2.51. The maximum absolute atomic E-state index is 13.6. The molecule has 0 amide bonds. The number of benzene rings is 1. The first-order valence-electron chi connectivity index (χ1n) is 6.13. The molecule has 1 aromatic carbocycles. The van der Waals surface area contributed by atoms with E-state index in [-0.39, 0.29) is 11.9 Å². The van der Waals surface area contributed by atoms with Gasteiger partial charge in [0.1, 0.15) is 5.82 Å². The molecule has 0 aliphatic heterocycles. The molecule has 2 nitrogen and oxygen atoms in total. The van der Waals surface area contributed by atoms with Crippen molar-refractivity contribution >= 4 is 11.3 Å². The van der Waals surface area contributed by atoms with E-state index in [1.807, 2.05) is 12.1 Å². The molecule has 0 bridgehead atoms.